The first-order valence-electron chi connectivity index (χ1n) is 9.36. The molecule has 0 radical (unpaired) electrons. The predicted octanol–water partition coefficient (Wildman–Crippen LogP) is 4.60. The number of carbonyl (C=O) groups is 3. The number of halogens is 1. The fraction of sp³-hybridized carbons (Fsp3) is 0.0870. The van der Waals surface area contributed by atoms with Gasteiger partial charge >= 0.3 is 0 Å². The zero-order valence-electron chi connectivity index (χ0n) is 16.4. The molecule has 1 N–H and O–H groups in total. The van der Waals surface area contributed by atoms with Crippen molar-refractivity contribution in [3.8, 4) is 0 Å². The molecule has 1 aliphatic rings. The van der Waals surface area contributed by atoms with Crippen LogP contribution in [0.2, 0.25) is 0 Å². The smallest absolute Gasteiger partial charge is 0.272 e. The average molecular weight is 436 g/mol. The van der Waals surface area contributed by atoms with Crippen molar-refractivity contribution in [1.29, 1.82) is 0 Å². The van der Waals surface area contributed by atoms with E-state index in [9.17, 15) is 18.8 Å². The Morgan fingerprint density at radius 3 is 2.35 bits per heavy atom. The summed E-state index contributed by atoms with van der Waals surface area (Å²) in [5.74, 6) is -0.593. The summed E-state index contributed by atoms with van der Waals surface area (Å²) >= 11 is 1.19. The van der Waals surface area contributed by atoms with Crippen molar-refractivity contribution in [3.63, 3.8) is 0 Å². The van der Waals surface area contributed by atoms with Crippen LogP contribution < -0.4 is 10.2 Å². The number of benzene rings is 2. The summed E-state index contributed by atoms with van der Waals surface area (Å²) in [5, 5.41) is 2.64. The van der Waals surface area contributed by atoms with E-state index in [1.807, 2.05) is 0 Å². The predicted molar refractivity (Wildman–Crippen MR) is 117 cm³/mol. The van der Waals surface area contributed by atoms with E-state index in [0.29, 0.717) is 28.5 Å². The highest BCUT2D eigenvalue weighted by Crippen LogP contribution is 2.39. The monoisotopic (exact) mass is 436 g/mol. The van der Waals surface area contributed by atoms with Crippen LogP contribution in [0.3, 0.4) is 0 Å². The van der Waals surface area contributed by atoms with Gasteiger partial charge in [-0.25, -0.2) is 9.29 Å². The van der Waals surface area contributed by atoms with Crippen LogP contribution in [-0.2, 0) is 20.1 Å². The fourth-order valence-electron chi connectivity index (χ4n) is 3.18. The van der Waals surface area contributed by atoms with E-state index in [1.54, 1.807) is 36.4 Å². The third kappa shape index (κ3) is 4.29. The van der Waals surface area contributed by atoms with Crippen LogP contribution in [0.4, 0.5) is 15.8 Å². The SMILES string of the molecule is CC(=O)Nc1ccc(N2C(=O)C(SCc3ccco3)=C(c3ccc(F)cc3)C2=O)cc1. The van der Waals surface area contributed by atoms with Gasteiger partial charge in [-0.05, 0) is 54.1 Å². The normalized spacial score (nSPS) is 13.8. The van der Waals surface area contributed by atoms with Gasteiger partial charge in [0.05, 0.1) is 28.2 Å². The lowest BCUT2D eigenvalue weighted by molar-refractivity contribution is -0.120. The molecule has 0 atom stereocenters. The second-order valence-corrected chi connectivity index (χ2v) is 7.74. The van der Waals surface area contributed by atoms with E-state index in [0.717, 1.165) is 4.90 Å². The second-order valence-electron chi connectivity index (χ2n) is 6.75. The van der Waals surface area contributed by atoms with Crippen molar-refractivity contribution in [1.82, 2.24) is 0 Å². The van der Waals surface area contributed by atoms with E-state index >= 15 is 0 Å². The number of rotatable bonds is 6. The van der Waals surface area contributed by atoms with Gasteiger partial charge < -0.3 is 9.73 Å². The minimum atomic E-state index is -0.495. The van der Waals surface area contributed by atoms with Gasteiger partial charge in [0.2, 0.25) is 5.91 Å². The number of thioether (sulfide) groups is 1. The third-order valence-electron chi connectivity index (χ3n) is 4.56. The van der Waals surface area contributed by atoms with Crippen molar-refractivity contribution < 1.29 is 23.2 Å². The maximum absolute atomic E-state index is 13.4. The number of carbonyl (C=O) groups excluding carboxylic acids is 3. The van der Waals surface area contributed by atoms with Crippen molar-refractivity contribution >= 4 is 46.4 Å². The van der Waals surface area contributed by atoms with Crippen molar-refractivity contribution in [2.24, 2.45) is 0 Å². The molecule has 0 aliphatic carbocycles. The maximum Gasteiger partial charge on any atom is 0.272 e. The largest absolute Gasteiger partial charge is 0.468 e. The lowest BCUT2D eigenvalue weighted by atomic mass is 10.1. The summed E-state index contributed by atoms with van der Waals surface area (Å²) in [4.78, 5) is 39.1. The highest BCUT2D eigenvalue weighted by Gasteiger charge is 2.40. The minimum Gasteiger partial charge on any atom is -0.468 e. The van der Waals surface area contributed by atoms with Crippen LogP contribution in [-0.4, -0.2) is 17.7 Å². The zero-order valence-corrected chi connectivity index (χ0v) is 17.2. The molecule has 0 spiro atoms. The van der Waals surface area contributed by atoms with Gasteiger partial charge in [-0.15, -0.1) is 11.8 Å². The standard InChI is InChI=1S/C23H17FN2O4S/c1-14(27)25-17-8-10-18(11-9-17)26-22(28)20(15-4-6-16(24)7-5-15)21(23(26)29)31-13-19-3-2-12-30-19/h2-12H,13H2,1H3,(H,25,27). The summed E-state index contributed by atoms with van der Waals surface area (Å²) in [6.45, 7) is 1.39. The topological polar surface area (TPSA) is 79.6 Å². The average Bonchev–Trinajstić information content (AvgIpc) is 3.34. The second kappa shape index (κ2) is 8.61. The summed E-state index contributed by atoms with van der Waals surface area (Å²) in [5.41, 5.74) is 1.60. The Hall–Kier alpha value is -3.65. The Morgan fingerprint density at radius 1 is 1.03 bits per heavy atom. The Labute approximate surface area is 181 Å². The van der Waals surface area contributed by atoms with E-state index in [-0.39, 0.29) is 16.4 Å². The van der Waals surface area contributed by atoms with E-state index in [2.05, 4.69) is 5.32 Å². The molecule has 31 heavy (non-hydrogen) atoms. The molecular weight excluding hydrogens is 419 g/mol. The van der Waals surface area contributed by atoms with Crippen LogP contribution in [0.1, 0.15) is 18.2 Å². The number of imide groups is 1. The van der Waals surface area contributed by atoms with Crippen LogP contribution in [0, 0.1) is 5.82 Å². The van der Waals surface area contributed by atoms with Gasteiger partial charge in [0.1, 0.15) is 11.6 Å². The highest BCUT2D eigenvalue weighted by atomic mass is 32.2. The number of anilines is 2. The lowest BCUT2D eigenvalue weighted by Crippen LogP contribution is -2.31. The molecular formula is C23H17FN2O4S. The molecule has 0 fully saturated rings. The molecule has 0 saturated carbocycles. The molecule has 6 nitrogen and oxygen atoms in total. The molecule has 2 aromatic carbocycles. The first-order valence-corrected chi connectivity index (χ1v) is 10.3. The number of nitrogens with one attached hydrogen (secondary N) is 1. The molecule has 3 aromatic rings. The Kier molecular flexibility index (Phi) is 5.73. The molecule has 4 rings (SSSR count). The Bertz CT molecular complexity index is 1170. The van der Waals surface area contributed by atoms with Gasteiger partial charge in [0.25, 0.3) is 11.8 Å². The van der Waals surface area contributed by atoms with Crippen LogP contribution in [0.15, 0.2) is 76.2 Å². The van der Waals surface area contributed by atoms with Gasteiger partial charge in [0.15, 0.2) is 0 Å². The Balaban J connectivity index is 1.69. The highest BCUT2D eigenvalue weighted by molar-refractivity contribution is 8.03. The third-order valence-corrected chi connectivity index (χ3v) is 5.66. The summed E-state index contributed by atoms with van der Waals surface area (Å²) in [6.07, 6.45) is 1.54. The van der Waals surface area contributed by atoms with Crippen LogP contribution in [0.25, 0.3) is 5.57 Å². The molecule has 3 amide bonds. The molecule has 1 aromatic heterocycles. The first-order chi connectivity index (χ1) is 14.9. The number of amides is 3. The van der Waals surface area contributed by atoms with E-state index in [4.69, 9.17) is 4.42 Å². The summed E-state index contributed by atoms with van der Waals surface area (Å²) in [6, 6.07) is 15.4. The summed E-state index contributed by atoms with van der Waals surface area (Å²) < 4.78 is 18.8. The molecule has 0 unspecified atom stereocenters. The van der Waals surface area contributed by atoms with Crippen molar-refractivity contribution in [2.45, 2.75) is 12.7 Å². The molecule has 156 valence electrons. The number of hydrogen-bond acceptors (Lipinski definition) is 5. The first kappa shape index (κ1) is 20.6. The fourth-order valence-corrected chi connectivity index (χ4v) is 4.20. The van der Waals surface area contributed by atoms with Gasteiger partial charge in [-0.1, -0.05) is 12.1 Å². The quantitative estimate of drug-likeness (QED) is 0.572. The van der Waals surface area contributed by atoms with Gasteiger partial charge in [0, 0.05) is 12.6 Å². The van der Waals surface area contributed by atoms with Crippen molar-refractivity contribution in [2.75, 3.05) is 10.2 Å². The molecule has 0 saturated heterocycles. The van der Waals surface area contributed by atoms with Gasteiger partial charge in [-0.3, -0.25) is 14.4 Å². The molecule has 1 aliphatic heterocycles. The van der Waals surface area contributed by atoms with E-state index in [1.165, 1.54) is 49.2 Å². The zero-order chi connectivity index (χ0) is 22.0. The van der Waals surface area contributed by atoms with Crippen LogP contribution >= 0.6 is 11.8 Å². The van der Waals surface area contributed by atoms with Crippen LogP contribution in [0.5, 0.6) is 0 Å². The lowest BCUT2D eigenvalue weighted by Gasteiger charge is -2.16. The van der Waals surface area contributed by atoms with Crippen molar-refractivity contribution in [3.05, 3.63) is 89.0 Å². The minimum absolute atomic E-state index is 0.215. The van der Waals surface area contributed by atoms with Gasteiger partial charge in [-0.2, -0.15) is 0 Å². The summed E-state index contributed by atoms with van der Waals surface area (Å²) in [7, 11) is 0. The molecule has 2 heterocycles. The maximum atomic E-state index is 13.4. The Morgan fingerprint density at radius 2 is 1.74 bits per heavy atom. The molecule has 8 heteroatoms. The molecule has 0 bridgehead atoms. The number of nitrogens with zero attached hydrogens (tertiary/aromatic N) is 1. The number of hydrogen-bond donors (Lipinski definition) is 1. The van der Waals surface area contributed by atoms with E-state index < -0.39 is 17.6 Å². The number of furan rings is 1.